The summed E-state index contributed by atoms with van der Waals surface area (Å²) in [5.41, 5.74) is 4.64. The van der Waals surface area contributed by atoms with E-state index < -0.39 is 0 Å². The van der Waals surface area contributed by atoms with Crippen molar-refractivity contribution >= 4 is 54.9 Å². The zero-order chi connectivity index (χ0) is 15.0. The van der Waals surface area contributed by atoms with E-state index in [2.05, 4.69) is 55.7 Å². The maximum atomic E-state index is 5.46. The number of fused-ring (bicyclic) bond motifs is 1. The topological polar surface area (TPSA) is 75.9 Å². The van der Waals surface area contributed by atoms with Crippen molar-refractivity contribution in [1.29, 1.82) is 0 Å². The van der Waals surface area contributed by atoms with Gasteiger partial charge in [0.15, 0.2) is 0 Å². The van der Waals surface area contributed by atoms with Crippen molar-refractivity contribution in [2.24, 2.45) is 5.84 Å². The van der Waals surface area contributed by atoms with Crippen LogP contribution in [-0.4, -0.2) is 9.97 Å². The minimum absolute atomic E-state index is 0.399. The predicted octanol–water partition coefficient (Wildman–Crippen LogP) is 4.10. The lowest BCUT2D eigenvalue weighted by atomic mass is 10.2. The molecule has 0 atom stereocenters. The SMILES string of the molecule is Cc1ccc(Br)c(Nc2nc(NN)nc3sc(C)cc23)c1. The predicted molar refractivity (Wildman–Crippen MR) is 92.1 cm³/mol. The largest absolute Gasteiger partial charge is 0.339 e. The molecule has 5 nitrogen and oxygen atoms in total. The summed E-state index contributed by atoms with van der Waals surface area (Å²) in [5.74, 6) is 6.59. The lowest BCUT2D eigenvalue weighted by Gasteiger charge is -2.11. The van der Waals surface area contributed by atoms with E-state index in [1.54, 1.807) is 11.3 Å². The van der Waals surface area contributed by atoms with Crippen LogP contribution in [0.25, 0.3) is 10.2 Å². The van der Waals surface area contributed by atoms with Crippen molar-refractivity contribution in [2.75, 3.05) is 10.7 Å². The Balaban J connectivity index is 2.12. The normalized spacial score (nSPS) is 10.9. The number of nitrogens with one attached hydrogen (secondary N) is 2. The summed E-state index contributed by atoms with van der Waals surface area (Å²) in [6.07, 6.45) is 0. The number of nitrogen functional groups attached to an aromatic ring is 1. The Bertz CT molecular complexity index is 814. The summed E-state index contributed by atoms with van der Waals surface area (Å²) < 4.78 is 0.981. The van der Waals surface area contributed by atoms with Gasteiger partial charge in [0.2, 0.25) is 5.95 Å². The Morgan fingerprint density at radius 3 is 2.76 bits per heavy atom. The van der Waals surface area contributed by atoms with Gasteiger partial charge in [0, 0.05) is 9.35 Å². The molecule has 0 fully saturated rings. The highest BCUT2D eigenvalue weighted by molar-refractivity contribution is 9.10. The van der Waals surface area contributed by atoms with Crippen LogP contribution in [0.1, 0.15) is 10.4 Å². The highest BCUT2D eigenvalue weighted by atomic mass is 79.9. The Morgan fingerprint density at radius 2 is 2.00 bits per heavy atom. The second-order valence-electron chi connectivity index (χ2n) is 4.72. The summed E-state index contributed by atoms with van der Waals surface area (Å²) in [4.78, 5) is 10.9. The number of hydrazine groups is 1. The molecule has 2 aromatic heterocycles. The molecule has 0 saturated carbocycles. The van der Waals surface area contributed by atoms with Crippen LogP contribution in [0.5, 0.6) is 0 Å². The minimum atomic E-state index is 0.399. The molecule has 0 saturated heterocycles. The van der Waals surface area contributed by atoms with Gasteiger partial charge in [0.1, 0.15) is 10.6 Å². The summed E-state index contributed by atoms with van der Waals surface area (Å²) in [7, 11) is 0. The standard InChI is InChI=1S/C14H14BrN5S/c1-7-3-4-10(15)11(5-7)17-12-9-6-8(2)21-13(9)19-14(18-12)20-16/h3-6H,16H2,1-2H3,(H2,17,18,19,20). The van der Waals surface area contributed by atoms with Crippen molar-refractivity contribution < 1.29 is 0 Å². The first-order valence-electron chi connectivity index (χ1n) is 6.35. The summed E-state index contributed by atoms with van der Waals surface area (Å²) in [6, 6.07) is 8.20. The molecule has 108 valence electrons. The Labute approximate surface area is 134 Å². The molecule has 0 aliphatic carbocycles. The van der Waals surface area contributed by atoms with Crippen LogP contribution in [-0.2, 0) is 0 Å². The van der Waals surface area contributed by atoms with Gasteiger partial charge in [0.25, 0.3) is 0 Å². The highest BCUT2D eigenvalue weighted by Gasteiger charge is 2.11. The van der Waals surface area contributed by atoms with Crippen LogP contribution < -0.4 is 16.6 Å². The Morgan fingerprint density at radius 1 is 1.19 bits per heavy atom. The number of aryl methyl sites for hydroxylation is 2. The molecule has 0 aliphatic heterocycles. The van der Waals surface area contributed by atoms with Gasteiger partial charge in [-0.05, 0) is 53.5 Å². The van der Waals surface area contributed by atoms with Gasteiger partial charge < -0.3 is 5.32 Å². The molecular formula is C14H14BrN5S. The van der Waals surface area contributed by atoms with Gasteiger partial charge in [-0.2, -0.15) is 4.98 Å². The molecule has 2 heterocycles. The maximum Gasteiger partial charge on any atom is 0.240 e. The van der Waals surface area contributed by atoms with Crippen molar-refractivity contribution in [3.8, 4) is 0 Å². The summed E-state index contributed by atoms with van der Waals surface area (Å²) >= 11 is 5.16. The first-order valence-corrected chi connectivity index (χ1v) is 7.96. The quantitative estimate of drug-likeness (QED) is 0.482. The van der Waals surface area contributed by atoms with Crippen LogP contribution in [0.15, 0.2) is 28.7 Å². The lowest BCUT2D eigenvalue weighted by Crippen LogP contribution is -2.11. The monoisotopic (exact) mass is 363 g/mol. The number of anilines is 3. The number of hydrogen-bond donors (Lipinski definition) is 3. The lowest BCUT2D eigenvalue weighted by molar-refractivity contribution is 1.16. The number of halogens is 1. The van der Waals surface area contributed by atoms with Crippen molar-refractivity contribution in [1.82, 2.24) is 9.97 Å². The zero-order valence-electron chi connectivity index (χ0n) is 11.6. The molecule has 7 heteroatoms. The summed E-state index contributed by atoms with van der Waals surface area (Å²) in [5, 5.41) is 4.35. The average molecular weight is 364 g/mol. The second-order valence-corrected chi connectivity index (χ2v) is 6.81. The number of benzene rings is 1. The van der Waals surface area contributed by atoms with Crippen LogP contribution >= 0.6 is 27.3 Å². The minimum Gasteiger partial charge on any atom is -0.339 e. The van der Waals surface area contributed by atoms with Crippen LogP contribution in [0.3, 0.4) is 0 Å². The van der Waals surface area contributed by atoms with E-state index in [9.17, 15) is 0 Å². The van der Waals surface area contributed by atoms with Crippen LogP contribution in [0, 0.1) is 13.8 Å². The first-order chi connectivity index (χ1) is 10.1. The highest BCUT2D eigenvalue weighted by Crippen LogP contribution is 2.33. The third-order valence-electron chi connectivity index (χ3n) is 3.02. The number of nitrogens with two attached hydrogens (primary N) is 1. The molecule has 0 aliphatic rings. The Kier molecular flexibility index (Phi) is 3.79. The molecule has 21 heavy (non-hydrogen) atoms. The van der Waals surface area contributed by atoms with E-state index in [0.717, 1.165) is 26.2 Å². The van der Waals surface area contributed by atoms with E-state index in [-0.39, 0.29) is 0 Å². The van der Waals surface area contributed by atoms with Gasteiger partial charge in [-0.1, -0.05) is 6.07 Å². The van der Waals surface area contributed by atoms with E-state index in [0.29, 0.717) is 5.95 Å². The number of rotatable bonds is 3. The first kappa shape index (κ1) is 14.2. The number of thiophene rings is 1. The molecule has 0 spiro atoms. The van der Waals surface area contributed by atoms with Crippen molar-refractivity contribution in [2.45, 2.75) is 13.8 Å². The van der Waals surface area contributed by atoms with E-state index in [1.807, 2.05) is 19.1 Å². The summed E-state index contributed by atoms with van der Waals surface area (Å²) in [6.45, 7) is 4.10. The molecule has 0 amide bonds. The zero-order valence-corrected chi connectivity index (χ0v) is 14.0. The van der Waals surface area contributed by atoms with Crippen molar-refractivity contribution in [3.05, 3.63) is 39.2 Å². The molecule has 1 aromatic carbocycles. The van der Waals surface area contributed by atoms with Gasteiger partial charge in [-0.25, -0.2) is 10.8 Å². The van der Waals surface area contributed by atoms with Gasteiger partial charge in [0.05, 0.1) is 11.1 Å². The number of nitrogens with zero attached hydrogens (tertiary/aromatic N) is 2. The molecule has 3 rings (SSSR count). The molecule has 3 aromatic rings. The molecule has 0 bridgehead atoms. The fourth-order valence-corrected chi connectivity index (χ4v) is 3.29. The Hall–Kier alpha value is -1.70. The van der Waals surface area contributed by atoms with Crippen LogP contribution in [0.4, 0.5) is 17.5 Å². The molecule has 4 N–H and O–H groups in total. The van der Waals surface area contributed by atoms with Gasteiger partial charge >= 0.3 is 0 Å². The smallest absolute Gasteiger partial charge is 0.240 e. The van der Waals surface area contributed by atoms with Gasteiger partial charge in [-0.3, -0.25) is 5.43 Å². The fourth-order valence-electron chi connectivity index (χ4n) is 2.06. The van der Waals surface area contributed by atoms with E-state index >= 15 is 0 Å². The fraction of sp³-hybridized carbons (Fsp3) is 0.143. The van der Waals surface area contributed by atoms with E-state index in [4.69, 9.17) is 5.84 Å². The molecule has 0 unspecified atom stereocenters. The average Bonchev–Trinajstić information content (AvgIpc) is 2.83. The third-order valence-corrected chi connectivity index (χ3v) is 4.66. The van der Waals surface area contributed by atoms with E-state index in [1.165, 1.54) is 10.4 Å². The maximum absolute atomic E-state index is 5.46. The molecular weight excluding hydrogens is 350 g/mol. The number of aromatic nitrogens is 2. The van der Waals surface area contributed by atoms with Gasteiger partial charge in [-0.15, -0.1) is 11.3 Å². The van der Waals surface area contributed by atoms with Crippen molar-refractivity contribution in [3.63, 3.8) is 0 Å². The van der Waals surface area contributed by atoms with Crippen LogP contribution in [0.2, 0.25) is 0 Å². The molecule has 0 radical (unpaired) electrons. The number of hydrogen-bond acceptors (Lipinski definition) is 6. The third kappa shape index (κ3) is 2.85. The second kappa shape index (κ2) is 5.59.